The molecule has 0 unspecified atom stereocenters. The molecule has 5 heteroatoms. The van der Waals surface area contributed by atoms with E-state index in [9.17, 15) is 0 Å². The molecule has 1 aromatic heterocycles. The lowest BCUT2D eigenvalue weighted by Gasteiger charge is -1.93. The Balaban J connectivity index is 3.23. The first-order chi connectivity index (χ1) is 4.74. The molecule has 50 valence electrons. The van der Waals surface area contributed by atoms with Gasteiger partial charge >= 0.3 is 0 Å². The molecule has 10 heavy (non-hydrogen) atoms. The first-order valence-electron chi connectivity index (χ1n) is 2.39. The van der Waals surface area contributed by atoms with Crippen LogP contribution in [-0.4, -0.2) is 9.97 Å². The zero-order valence-corrected chi connectivity index (χ0v) is 5.63. The van der Waals surface area contributed by atoms with Gasteiger partial charge in [-0.15, -0.1) is 0 Å². The van der Waals surface area contributed by atoms with Crippen LogP contribution in [0.3, 0.4) is 0 Å². The molecule has 0 amide bonds. The van der Waals surface area contributed by atoms with Gasteiger partial charge in [-0.25, -0.2) is 14.8 Å². The van der Waals surface area contributed by atoms with Crippen molar-refractivity contribution in [3.05, 3.63) is 22.9 Å². The van der Waals surface area contributed by atoms with Crippen molar-refractivity contribution in [2.45, 2.75) is 0 Å². The van der Waals surface area contributed by atoms with E-state index in [-0.39, 0.29) is 16.8 Å². The van der Waals surface area contributed by atoms with Gasteiger partial charge in [-0.05, 0) is 11.6 Å². The second-order valence-electron chi connectivity index (χ2n) is 1.52. The summed E-state index contributed by atoms with van der Waals surface area (Å²) in [6.45, 7) is 6.58. The maximum absolute atomic E-state index is 6.58. The van der Waals surface area contributed by atoms with E-state index in [4.69, 9.17) is 23.9 Å². The molecule has 0 saturated heterocycles. The SMILES string of the molecule is [C-]#[N+]c1cnc(Cl)nc1N. The van der Waals surface area contributed by atoms with Crippen LogP contribution in [-0.2, 0) is 0 Å². The Kier molecular flexibility index (Phi) is 1.69. The molecule has 0 aliphatic heterocycles. The van der Waals surface area contributed by atoms with E-state index < -0.39 is 0 Å². The van der Waals surface area contributed by atoms with Gasteiger partial charge in [-0.1, -0.05) is 0 Å². The second kappa shape index (κ2) is 2.50. The highest BCUT2D eigenvalue weighted by atomic mass is 35.5. The molecule has 0 aliphatic rings. The maximum Gasteiger partial charge on any atom is 0.245 e. The Bertz CT molecular complexity index is 290. The van der Waals surface area contributed by atoms with E-state index >= 15 is 0 Å². The Hall–Kier alpha value is -1.34. The second-order valence-corrected chi connectivity index (χ2v) is 1.86. The summed E-state index contributed by atoms with van der Waals surface area (Å²) in [5.41, 5.74) is 5.51. The van der Waals surface area contributed by atoms with Gasteiger partial charge in [0.2, 0.25) is 11.0 Å². The van der Waals surface area contributed by atoms with Crippen LogP contribution in [0.4, 0.5) is 11.5 Å². The van der Waals surface area contributed by atoms with Crippen LogP contribution < -0.4 is 5.73 Å². The van der Waals surface area contributed by atoms with Crippen LogP contribution in [0.15, 0.2) is 6.20 Å². The van der Waals surface area contributed by atoms with Crippen molar-refractivity contribution in [2.75, 3.05) is 5.73 Å². The first-order valence-corrected chi connectivity index (χ1v) is 2.77. The summed E-state index contributed by atoms with van der Waals surface area (Å²) in [5.74, 6) is 0.120. The average molecular weight is 155 g/mol. The highest BCUT2D eigenvalue weighted by molar-refractivity contribution is 6.28. The monoisotopic (exact) mass is 154 g/mol. The molecule has 0 aliphatic carbocycles. The zero-order valence-electron chi connectivity index (χ0n) is 4.87. The van der Waals surface area contributed by atoms with E-state index in [0.717, 1.165) is 0 Å². The van der Waals surface area contributed by atoms with Crippen molar-refractivity contribution >= 4 is 23.1 Å². The third-order valence-electron chi connectivity index (χ3n) is 0.889. The van der Waals surface area contributed by atoms with Gasteiger partial charge in [0.05, 0.1) is 6.57 Å². The number of nitrogen functional groups attached to an aromatic ring is 1. The molecule has 0 atom stereocenters. The fraction of sp³-hybridized carbons (Fsp3) is 0. The number of anilines is 1. The smallest absolute Gasteiger partial charge is 0.245 e. The van der Waals surface area contributed by atoms with Gasteiger partial charge in [-0.2, -0.15) is 0 Å². The van der Waals surface area contributed by atoms with Gasteiger partial charge < -0.3 is 5.73 Å². The Labute approximate surface area is 62.5 Å². The number of aromatic nitrogens is 2. The van der Waals surface area contributed by atoms with E-state index in [1.165, 1.54) is 6.20 Å². The largest absolute Gasteiger partial charge is 0.392 e. The molecule has 2 N–H and O–H groups in total. The number of nitrogens with two attached hydrogens (primary N) is 1. The Morgan fingerprint density at radius 1 is 1.70 bits per heavy atom. The summed E-state index contributed by atoms with van der Waals surface area (Å²) in [6, 6.07) is 0. The lowest BCUT2D eigenvalue weighted by molar-refractivity contribution is 1.19. The van der Waals surface area contributed by atoms with E-state index in [1.54, 1.807) is 0 Å². The Morgan fingerprint density at radius 2 is 2.40 bits per heavy atom. The summed E-state index contributed by atoms with van der Waals surface area (Å²) in [4.78, 5) is 10.2. The van der Waals surface area contributed by atoms with Gasteiger partial charge in [0.15, 0.2) is 0 Å². The summed E-state index contributed by atoms with van der Waals surface area (Å²) in [5, 5.41) is 0.0601. The van der Waals surface area contributed by atoms with Crippen LogP contribution in [0, 0.1) is 6.57 Å². The van der Waals surface area contributed by atoms with Crippen molar-refractivity contribution in [2.24, 2.45) is 0 Å². The van der Waals surface area contributed by atoms with Crippen molar-refractivity contribution < 1.29 is 0 Å². The number of rotatable bonds is 0. The number of halogens is 1. The lowest BCUT2D eigenvalue weighted by atomic mass is 10.5. The van der Waals surface area contributed by atoms with Crippen LogP contribution in [0.25, 0.3) is 4.85 Å². The molecule has 4 nitrogen and oxygen atoms in total. The van der Waals surface area contributed by atoms with Gasteiger partial charge in [0.25, 0.3) is 0 Å². The minimum Gasteiger partial charge on any atom is -0.392 e. The van der Waals surface area contributed by atoms with Crippen molar-refractivity contribution in [3.8, 4) is 0 Å². The van der Waals surface area contributed by atoms with Crippen LogP contribution in [0.1, 0.15) is 0 Å². The molecule has 1 aromatic rings. The minimum absolute atomic E-state index is 0.0601. The van der Waals surface area contributed by atoms with Crippen molar-refractivity contribution in [3.63, 3.8) is 0 Å². The van der Waals surface area contributed by atoms with E-state index in [0.29, 0.717) is 0 Å². The molecule has 0 saturated carbocycles. The molecule has 0 radical (unpaired) electrons. The van der Waals surface area contributed by atoms with Crippen LogP contribution in [0.2, 0.25) is 5.28 Å². The predicted octanol–water partition coefficient (Wildman–Crippen LogP) is 1.26. The van der Waals surface area contributed by atoms with Gasteiger partial charge in [0.1, 0.15) is 5.82 Å². The van der Waals surface area contributed by atoms with Gasteiger partial charge in [-0.3, -0.25) is 0 Å². The first kappa shape index (κ1) is 6.78. The van der Waals surface area contributed by atoms with Crippen molar-refractivity contribution in [1.82, 2.24) is 9.97 Å². The molecule has 0 spiro atoms. The summed E-state index contributed by atoms with van der Waals surface area (Å²) in [7, 11) is 0. The van der Waals surface area contributed by atoms with Crippen LogP contribution in [0.5, 0.6) is 0 Å². The highest BCUT2D eigenvalue weighted by Gasteiger charge is 1.99. The molecule has 0 fully saturated rings. The quantitative estimate of drug-likeness (QED) is 0.452. The zero-order chi connectivity index (χ0) is 7.56. The number of hydrogen-bond acceptors (Lipinski definition) is 3. The minimum atomic E-state index is 0.0601. The van der Waals surface area contributed by atoms with Crippen LogP contribution >= 0.6 is 11.6 Å². The molecule has 0 bridgehead atoms. The topological polar surface area (TPSA) is 56.2 Å². The third kappa shape index (κ3) is 1.14. The van der Waals surface area contributed by atoms with E-state index in [1.807, 2.05) is 0 Å². The molecule has 1 rings (SSSR count). The fourth-order valence-electron chi connectivity index (χ4n) is 0.452. The average Bonchev–Trinajstić information content (AvgIpc) is 1.88. The standard InChI is InChI=1S/C5H3ClN4/c1-8-3-2-9-5(6)10-4(3)7/h2H,(H2,7,9,10). The predicted molar refractivity (Wildman–Crippen MR) is 37.7 cm³/mol. The normalized spacial score (nSPS) is 8.80. The summed E-state index contributed by atoms with van der Waals surface area (Å²) >= 11 is 5.37. The maximum atomic E-state index is 6.58. The Morgan fingerprint density at radius 3 is 2.90 bits per heavy atom. The van der Waals surface area contributed by atoms with Gasteiger partial charge in [0, 0.05) is 6.20 Å². The third-order valence-corrected chi connectivity index (χ3v) is 1.07. The highest BCUT2D eigenvalue weighted by Crippen LogP contribution is 2.18. The summed E-state index contributed by atoms with van der Waals surface area (Å²) in [6.07, 6.45) is 1.29. The molecular formula is C5H3ClN4. The number of hydrogen-bond donors (Lipinski definition) is 1. The molecular weight excluding hydrogens is 152 g/mol. The summed E-state index contributed by atoms with van der Waals surface area (Å²) < 4.78 is 0. The molecule has 0 aromatic carbocycles. The fourth-order valence-corrected chi connectivity index (χ4v) is 0.592. The van der Waals surface area contributed by atoms with Crippen molar-refractivity contribution in [1.29, 1.82) is 0 Å². The number of nitrogens with zero attached hydrogens (tertiary/aromatic N) is 3. The molecule has 1 heterocycles. The lowest BCUT2D eigenvalue weighted by Crippen LogP contribution is -1.91. The van der Waals surface area contributed by atoms with E-state index in [2.05, 4.69) is 14.8 Å².